The maximum absolute atomic E-state index is 3.38. The van der Waals surface area contributed by atoms with Crippen molar-refractivity contribution < 1.29 is 0 Å². The molecule has 1 aromatic carbocycles. The Labute approximate surface area is 113 Å². The van der Waals surface area contributed by atoms with Gasteiger partial charge in [0.2, 0.25) is 0 Å². The summed E-state index contributed by atoms with van der Waals surface area (Å²) in [6, 6.07) is 6.47. The van der Waals surface area contributed by atoms with Crippen molar-refractivity contribution in [2.75, 3.05) is 26.9 Å². The van der Waals surface area contributed by atoms with Gasteiger partial charge in [-0.25, -0.2) is 0 Å². The van der Waals surface area contributed by atoms with Crippen LogP contribution >= 0.6 is 11.9 Å². The molecule has 4 heteroatoms. The molecule has 0 aliphatic carbocycles. The Kier molecular flexibility index (Phi) is 4.69. The number of aromatic nitrogens is 1. The molecule has 3 nitrogen and oxygen atoms in total. The second kappa shape index (κ2) is 6.27. The zero-order chi connectivity index (χ0) is 13.0. The minimum Gasteiger partial charge on any atom is -0.361 e. The first-order chi connectivity index (χ1) is 8.72. The minimum absolute atomic E-state index is 0.908. The summed E-state index contributed by atoms with van der Waals surface area (Å²) in [7, 11) is 4.23. The highest BCUT2D eigenvalue weighted by Crippen LogP contribution is 2.23. The van der Waals surface area contributed by atoms with Crippen molar-refractivity contribution in [3.8, 4) is 0 Å². The molecule has 2 rings (SSSR count). The van der Waals surface area contributed by atoms with E-state index in [4.69, 9.17) is 0 Å². The first kappa shape index (κ1) is 13.5. The van der Waals surface area contributed by atoms with Gasteiger partial charge in [0.25, 0.3) is 0 Å². The average molecular weight is 263 g/mol. The van der Waals surface area contributed by atoms with Gasteiger partial charge < -0.3 is 9.88 Å². The van der Waals surface area contributed by atoms with Gasteiger partial charge in [-0.2, -0.15) is 0 Å². The number of likely N-dealkylation sites (N-methyl/N-ethyl adjacent to an activating group) is 1. The van der Waals surface area contributed by atoms with Crippen LogP contribution in [0.5, 0.6) is 0 Å². The molecule has 0 fully saturated rings. The number of hydrogen-bond acceptors (Lipinski definition) is 3. The van der Waals surface area contributed by atoms with Crippen LogP contribution in [0.1, 0.15) is 11.1 Å². The molecule has 1 heterocycles. The highest BCUT2D eigenvalue weighted by Gasteiger charge is 2.08. The van der Waals surface area contributed by atoms with Crippen molar-refractivity contribution in [2.24, 2.45) is 0 Å². The van der Waals surface area contributed by atoms with Crippen LogP contribution in [0.2, 0.25) is 0 Å². The number of hydrogen-bond donors (Lipinski definition) is 2. The lowest BCUT2D eigenvalue weighted by Gasteiger charge is -2.10. The van der Waals surface area contributed by atoms with E-state index in [1.54, 1.807) is 11.9 Å². The number of nitrogens with zero attached hydrogens (tertiary/aromatic N) is 1. The molecule has 1 aromatic heterocycles. The Bertz CT molecular complexity index is 505. The van der Waals surface area contributed by atoms with Crippen LogP contribution in [0.4, 0.5) is 0 Å². The first-order valence-electron chi connectivity index (χ1n) is 6.21. The van der Waals surface area contributed by atoms with Gasteiger partial charge in [-0.1, -0.05) is 24.1 Å². The van der Waals surface area contributed by atoms with Crippen molar-refractivity contribution >= 4 is 22.9 Å². The zero-order valence-electron chi connectivity index (χ0n) is 11.3. The summed E-state index contributed by atoms with van der Waals surface area (Å²) in [4.78, 5) is 5.60. The summed E-state index contributed by atoms with van der Waals surface area (Å²) in [6.07, 6.45) is 5.30. The summed E-state index contributed by atoms with van der Waals surface area (Å²) in [6.45, 7) is 1.99. The van der Waals surface area contributed by atoms with Crippen LogP contribution in [0, 0.1) is 0 Å². The SMILES string of the molecule is CSNCc1cccc2[nH]cc(CCN(C)C)c12. The van der Waals surface area contributed by atoms with Crippen molar-refractivity contribution in [3.05, 3.63) is 35.5 Å². The van der Waals surface area contributed by atoms with Gasteiger partial charge in [-0.05, 0) is 44.0 Å². The summed E-state index contributed by atoms with van der Waals surface area (Å²) in [5.74, 6) is 0. The van der Waals surface area contributed by atoms with Crippen LogP contribution in [0.15, 0.2) is 24.4 Å². The van der Waals surface area contributed by atoms with Gasteiger partial charge in [0.1, 0.15) is 0 Å². The van der Waals surface area contributed by atoms with Crippen LogP contribution in [-0.4, -0.2) is 36.8 Å². The number of rotatable bonds is 6. The zero-order valence-corrected chi connectivity index (χ0v) is 12.1. The quantitative estimate of drug-likeness (QED) is 0.786. The van der Waals surface area contributed by atoms with Crippen molar-refractivity contribution in [1.82, 2.24) is 14.6 Å². The summed E-state index contributed by atoms with van der Waals surface area (Å²) in [5, 5.41) is 1.39. The predicted molar refractivity (Wildman–Crippen MR) is 80.9 cm³/mol. The number of fused-ring (bicyclic) bond motifs is 1. The highest BCUT2D eigenvalue weighted by atomic mass is 32.2. The average Bonchev–Trinajstić information content (AvgIpc) is 2.77. The number of aromatic amines is 1. The largest absolute Gasteiger partial charge is 0.361 e. The topological polar surface area (TPSA) is 31.1 Å². The third-order valence-corrected chi connectivity index (χ3v) is 3.54. The lowest BCUT2D eigenvalue weighted by molar-refractivity contribution is 0.414. The van der Waals surface area contributed by atoms with E-state index in [2.05, 4.69) is 59.4 Å². The van der Waals surface area contributed by atoms with E-state index >= 15 is 0 Å². The Morgan fingerprint density at radius 2 is 2.11 bits per heavy atom. The van der Waals surface area contributed by atoms with E-state index in [-0.39, 0.29) is 0 Å². The standard InChI is InChI=1S/C14H21N3S/c1-17(2)8-7-12-9-15-13-6-4-5-11(14(12)13)10-16-18-3/h4-6,9,15-16H,7-8,10H2,1-3H3. The van der Waals surface area contributed by atoms with Gasteiger partial charge in [-0.15, -0.1) is 0 Å². The summed E-state index contributed by atoms with van der Waals surface area (Å²) in [5.41, 5.74) is 4.03. The van der Waals surface area contributed by atoms with Crippen LogP contribution in [0.3, 0.4) is 0 Å². The summed E-state index contributed by atoms with van der Waals surface area (Å²) < 4.78 is 3.33. The Balaban J connectivity index is 2.29. The lowest BCUT2D eigenvalue weighted by atomic mass is 10.0. The van der Waals surface area contributed by atoms with Gasteiger partial charge in [0.15, 0.2) is 0 Å². The third kappa shape index (κ3) is 3.07. The monoisotopic (exact) mass is 263 g/mol. The fourth-order valence-electron chi connectivity index (χ4n) is 2.18. The minimum atomic E-state index is 0.908. The maximum Gasteiger partial charge on any atom is 0.0460 e. The second-order valence-electron chi connectivity index (χ2n) is 4.73. The van der Waals surface area contributed by atoms with E-state index in [1.165, 1.54) is 22.0 Å². The molecule has 2 aromatic rings. The summed E-state index contributed by atoms with van der Waals surface area (Å²) >= 11 is 1.66. The van der Waals surface area contributed by atoms with Crippen LogP contribution in [-0.2, 0) is 13.0 Å². The van der Waals surface area contributed by atoms with E-state index in [0.717, 1.165) is 19.5 Å². The molecule has 0 bridgehead atoms. The van der Waals surface area contributed by atoms with E-state index < -0.39 is 0 Å². The molecular formula is C14H21N3S. The number of benzene rings is 1. The Morgan fingerprint density at radius 1 is 1.28 bits per heavy atom. The molecule has 0 spiro atoms. The molecule has 2 N–H and O–H groups in total. The molecule has 0 aliphatic rings. The Morgan fingerprint density at radius 3 is 2.83 bits per heavy atom. The van der Waals surface area contributed by atoms with Gasteiger partial charge in [0, 0.05) is 30.2 Å². The van der Waals surface area contributed by atoms with Crippen molar-refractivity contribution in [2.45, 2.75) is 13.0 Å². The van der Waals surface area contributed by atoms with E-state index in [9.17, 15) is 0 Å². The van der Waals surface area contributed by atoms with Crippen molar-refractivity contribution in [3.63, 3.8) is 0 Å². The third-order valence-electron chi connectivity index (χ3n) is 3.11. The van der Waals surface area contributed by atoms with Crippen molar-refractivity contribution in [1.29, 1.82) is 0 Å². The van der Waals surface area contributed by atoms with Gasteiger partial charge >= 0.3 is 0 Å². The van der Waals surface area contributed by atoms with Gasteiger partial charge in [0.05, 0.1) is 0 Å². The predicted octanol–water partition coefficient (Wildman–Crippen LogP) is 2.64. The van der Waals surface area contributed by atoms with Gasteiger partial charge in [-0.3, -0.25) is 4.72 Å². The van der Waals surface area contributed by atoms with Crippen LogP contribution in [0.25, 0.3) is 10.9 Å². The van der Waals surface area contributed by atoms with Crippen LogP contribution < -0.4 is 4.72 Å². The molecule has 0 aliphatic heterocycles. The fraction of sp³-hybridized carbons (Fsp3) is 0.429. The Hall–Kier alpha value is -0.970. The molecule has 0 saturated carbocycles. The maximum atomic E-state index is 3.38. The lowest BCUT2D eigenvalue weighted by Crippen LogP contribution is -2.15. The molecule has 0 saturated heterocycles. The smallest absolute Gasteiger partial charge is 0.0460 e. The molecule has 0 unspecified atom stereocenters. The molecular weight excluding hydrogens is 242 g/mol. The highest BCUT2D eigenvalue weighted by molar-refractivity contribution is 7.96. The molecule has 18 heavy (non-hydrogen) atoms. The number of H-pyrrole nitrogens is 1. The molecule has 98 valence electrons. The normalized spacial score (nSPS) is 11.6. The number of nitrogens with one attached hydrogen (secondary N) is 2. The first-order valence-corrected chi connectivity index (χ1v) is 7.43. The van der Waals surface area contributed by atoms with E-state index in [0.29, 0.717) is 0 Å². The second-order valence-corrected chi connectivity index (χ2v) is 5.43. The van der Waals surface area contributed by atoms with E-state index in [1.807, 2.05) is 0 Å². The molecule has 0 atom stereocenters. The fourth-order valence-corrected chi connectivity index (χ4v) is 2.47. The molecule has 0 amide bonds. The molecule has 0 radical (unpaired) electrons.